The predicted octanol–water partition coefficient (Wildman–Crippen LogP) is 3.02. The van der Waals surface area contributed by atoms with Crippen LogP contribution < -0.4 is 19.9 Å². The molecule has 2 aromatic heterocycles. The summed E-state index contributed by atoms with van der Waals surface area (Å²) in [6.45, 7) is 4.89. The Balaban J connectivity index is 1.27. The molecule has 0 atom stereocenters. The lowest BCUT2D eigenvalue weighted by molar-refractivity contribution is -0.118. The zero-order valence-corrected chi connectivity index (χ0v) is 24.8. The Morgan fingerprint density at radius 3 is 2.43 bits per heavy atom. The van der Waals surface area contributed by atoms with Gasteiger partial charge in [-0.25, -0.2) is 13.8 Å². The molecule has 11 nitrogen and oxygen atoms in total. The molecule has 0 bridgehead atoms. The second kappa shape index (κ2) is 12.5. The third kappa shape index (κ3) is 6.22. The quantitative estimate of drug-likeness (QED) is 0.377. The summed E-state index contributed by atoms with van der Waals surface area (Å²) in [6.07, 6.45) is -0.750. The molecule has 3 aliphatic rings. The van der Waals surface area contributed by atoms with Crippen molar-refractivity contribution in [2.75, 3.05) is 75.1 Å². The molecular formula is C27H32F2N8O3S2. The van der Waals surface area contributed by atoms with Gasteiger partial charge in [0.25, 0.3) is 6.43 Å². The number of thiocarbonyl (C=S) groups is 1. The molecule has 1 aliphatic carbocycles. The molecule has 2 aliphatic heterocycles. The molecule has 4 heterocycles. The number of piperazine rings is 1. The normalized spacial score (nSPS) is 17.7. The van der Waals surface area contributed by atoms with E-state index in [4.69, 9.17) is 31.7 Å². The van der Waals surface area contributed by atoms with Crippen LogP contribution in [-0.4, -0.2) is 106 Å². The summed E-state index contributed by atoms with van der Waals surface area (Å²) in [7, 11) is 1.48. The maximum absolute atomic E-state index is 14.3. The number of halogens is 2. The standard InChI is InChI=1S/C27H32F2N8O3S2/c1-39-19-4-2-3-18-23(19)33-25(24(28)29)37(18)26-31-20(15-21(32-26)35-11-13-40-14-12-35)34-7-9-36(10-8-34)27(41)42-16-22(38)30-17-5-6-17/h2-4,15,17,24H,5-14,16H2,1H3,(H,30,38). The zero-order valence-electron chi connectivity index (χ0n) is 23.2. The Bertz CT molecular complexity index is 1460. The first-order valence-corrected chi connectivity index (χ1v) is 15.3. The molecule has 3 fully saturated rings. The van der Waals surface area contributed by atoms with Crippen LogP contribution in [0.3, 0.4) is 0 Å². The fourth-order valence-electron chi connectivity index (χ4n) is 5.07. The van der Waals surface area contributed by atoms with Gasteiger partial charge in [0.15, 0.2) is 5.82 Å². The minimum atomic E-state index is -2.85. The van der Waals surface area contributed by atoms with E-state index < -0.39 is 12.2 Å². The summed E-state index contributed by atoms with van der Waals surface area (Å²) in [5.74, 6) is 1.66. The molecule has 15 heteroatoms. The van der Waals surface area contributed by atoms with Gasteiger partial charge < -0.3 is 29.5 Å². The number of para-hydroxylation sites is 1. The Morgan fingerprint density at radius 2 is 1.79 bits per heavy atom. The lowest BCUT2D eigenvalue weighted by Gasteiger charge is -2.37. The fourth-order valence-corrected chi connectivity index (χ4v) is 6.14. The van der Waals surface area contributed by atoms with E-state index >= 15 is 0 Å². The highest BCUT2D eigenvalue weighted by Crippen LogP contribution is 2.33. The number of ether oxygens (including phenoxy) is 2. The third-order valence-electron chi connectivity index (χ3n) is 7.44. The molecular weight excluding hydrogens is 586 g/mol. The number of anilines is 2. The minimum Gasteiger partial charge on any atom is -0.494 e. The van der Waals surface area contributed by atoms with E-state index in [0.29, 0.717) is 97.0 Å². The Kier molecular flexibility index (Phi) is 8.58. The monoisotopic (exact) mass is 618 g/mol. The maximum Gasteiger partial charge on any atom is 0.296 e. The van der Waals surface area contributed by atoms with Crippen LogP contribution in [0.4, 0.5) is 20.4 Å². The average Bonchev–Trinajstić information content (AvgIpc) is 3.74. The number of rotatable bonds is 8. The van der Waals surface area contributed by atoms with Crippen molar-refractivity contribution in [3.8, 4) is 11.7 Å². The molecule has 1 amide bonds. The predicted molar refractivity (Wildman–Crippen MR) is 161 cm³/mol. The molecule has 1 aromatic carbocycles. The molecule has 0 spiro atoms. The second-order valence-corrected chi connectivity index (χ2v) is 11.9. The van der Waals surface area contributed by atoms with Gasteiger partial charge in [0.2, 0.25) is 11.9 Å². The van der Waals surface area contributed by atoms with Gasteiger partial charge in [-0.1, -0.05) is 30.0 Å². The smallest absolute Gasteiger partial charge is 0.296 e. The van der Waals surface area contributed by atoms with Crippen LogP contribution in [0.1, 0.15) is 25.1 Å². The number of nitrogens with zero attached hydrogens (tertiary/aromatic N) is 7. The van der Waals surface area contributed by atoms with E-state index in [1.165, 1.54) is 23.4 Å². The van der Waals surface area contributed by atoms with Crippen LogP contribution >= 0.6 is 24.0 Å². The van der Waals surface area contributed by atoms with Crippen LogP contribution in [-0.2, 0) is 9.53 Å². The number of hydrogen-bond acceptors (Lipinski definition) is 10. The number of alkyl halides is 2. The Labute approximate surface area is 251 Å². The van der Waals surface area contributed by atoms with Crippen molar-refractivity contribution in [1.82, 2.24) is 29.7 Å². The number of methoxy groups -OCH3 is 1. The molecule has 224 valence electrons. The van der Waals surface area contributed by atoms with Crippen LogP contribution in [0.5, 0.6) is 5.75 Å². The van der Waals surface area contributed by atoms with Crippen LogP contribution in [0.25, 0.3) is 17.0 Å². The number of imidazole rings is 1. The van der Waals surface area contributed by atoms with E-state index in [2.05, 4.69) is 25.0 Å². The van der Waals surface area contributed by atoms with Crippen LogP contribution in [0.15, 0.2) is 24.3 Å². The highest BCUT2D eigenvalue weighted by atomic mass is 32.2. The lowest BCUT2D eigenvalue weighted by Crippen LogP contribution is -2.48. The van der Waals surface area contributed by atoms with Gasteiger partial charge in [0.05, 0.1) is 31.6 Å². The molecule has 6 rings (SSSR count). The lowest BCUT2D eigenvalue weighted by atomic mass is 10.3. The van der Waals surface area contributed by atoms with Gasteiger partial charge in [0, 0.05) is 51.4 Å². The summed E-state index contributed by atoms with van der Waals surface area (Å²) in [4.78, 5) is 32.2. The Hall–Kier alpha value is -3.30. The summed E-state index contributed by atoms with van der Waals surface area (Å²) < 4.78 is 41.6. The highest BCUT2D eigenvalue weighted by molar-refractivity contribution is 8.23. The molecule has 3 aromatic rings. The molecule has 42 heavy (non-hydrogen) atoms. The number of benzene rings is 1. The van der Waals surface area contributed by atoms with Crippen molar-refractivity contribution in [3.63, 3.8) is 0 Å². The minimum absolute atomic E-state index is 0.0143. The van der Waals surface area contributed by atoms with E-state index in [9.17, 15) is 13.6 Å². The summed E-state index contributed by atoms with van der Waals surface area (Å²) in [5.41, 5.74) is 0.760. The first-order valence-electron chi connectivity index (χ1n) is 13.9. The molecule has 0 radical (unpaired) electrons. The van der Waals surface area contributed by atoms with E-state index in [1.807, 2.05) is 6.07 Å². The van der Waals surface area contributed by atoms with E-state index in [1.54, 1.807) is 18.2 Å². The van der Waals surface area contributed by atoms with Crippen molar-refractivity contribution in [2.45, 2.75) is 25.3 Å². The number of aromatic nitrogens is 4. The highest BCUT2D eigenvalue weighted by Gasteiger charge is 2.28. The largest absolute Gasteiger partial charge is 0.494 e. The number of carbonyl (C=O) groups is 1. The van der Waals surface area contributed by atoms with Gasteiger partial charge in [0.1, 0.15) is 27.2 Å². The molecule has 0 unspecified atom stereocenters. The Morgan fingerprint density at radius 1 is 1.10 bits per heavy atom. The first-order chi connectivity index (χ1) is 20.4. The zero-order chi connectivity index (χ0) is 29.2. The number of hydrogen-bond donors (Lipinski definition) is 1. The topological polar surface area (TPSA) is 101 Å². The number of thioether (sulfide) groups is 1. The fraction of sp³-hybridized carbons (Fsp3) is 0.519. The average molecular weight is 619 g/mol. The van der Waals surface area contributed by atoms with Gasteiger partial charge in [-0.15, -0.1) is 0 Å². The molecule has 2 saturated heterocycles. The van der Waals surface area contributed by atoms with E-state index in [-0.39, 0.29) is 11.9 Å². The van der Waals surface area contributed by atoms with E-state index in [0.717, 1.165) is 12.8 Å². The van der Waals surface area contributed by atoms with Gasteiger partial charge in [-0.05, 0) is 25.0 Å². The number of morpholine rings is 1. The molecule has 1 saturated carbocycles. The summed E-state index contributed by atoms with van der Waals surface area (Å²) >= 11 is 7.00. The summed E-state index contributed by atoms with van der Waals surface area (Å²) in [5, 5.41) is 2.99. The van der Waals surface area contributed by atoms with Gasteiger partial charge in [-0.2, -0.15) is 9.97 Å². The third-order valence-corrected chi connectivity index (χ3v) is 8.97. The van der Waals surface area contributed by atoms with Crippen LogP contribution in [0.2, 0.25) is 0 Å². The van der Waals surface area contributed by atoms with Crippen molar-refractivity contribution in [3.05, 3.63) is 30.1 Å². The van der Waals surface area contributed by atoms with Gasteiger partial charge in [-0.3, -0.25) is 9.36 Å². The number of amides is 1. The number of carbonyl (C=O) groups excluding carboxylic acids is 1. The second-order valence-electron chi connectivity index (χ2n) is 10.3. The number of nitrogens with one attached hydrogen (secondary N) is 1. The SMILES string of the molecule is COc1cccc2c1nc(C(F)F)n2-c1nc(N2CCOCC2)cc(N2CCN(C(=S)SCC(=O)NC3CC3)CC2)n1. The summed E-state index contributed by atoms with van der Waals surface area (Å²) in [6, 6.07) is 7.37. The van der Waals surface area contributed by atoms with Crippen molar-refractivity contribution >= 4 is 56.9 Å². The number of fused-ring (bicyclic) bond motifs is 1. The van der Waals surface area contributed by atoms with Crippen molar-refractivity contribution in [2.24, 2.45) is 0 Å². The van der Waals surface area contributed by atoms with Gasteiger partial charge >= 0.3 is 0 Å². The first kappa shape index (κ1) is 28.8. The van der Waals surface area contributed by atoms with Crippen LogP contribution in [0, 0.1) is 0 Å². The van der Waals surface area contributed by atoms with Crippen molar-refractivity contribution in [1.29, 1.82) is 0 Å². The molecule has 1 N–H and O–H groups in total. The maximum atomic E-state index is 14.3. The van der Waals surface area contributed by atoms with Crippen molar-refractivity contribution < 1.29 is 23.0 Å².